The molecule has 4 N–H and O–H groups in total. The molecule has 8 nitrogen and oxygen atoms in total. The Morgan fingerprint density at radius 2 is 0.917 bits per heavy atom. The van der Waals surface area contributed by atoms with Crippen molar-refractivity contribution in [3.05, 3.63) is 35.4 Å². The van der Waals surface area contributed by atoms with Gasteiger partial charge in [0.2, 0.25) is 0 Å². The highest BCUT2D eigenvalue weighted by Gasteiger charge is 2.17. The molecule has 1 rings (SSSR count). The minimum absolute atomic E-state index is 0.0854. The second-order valence-electron chi connectivity index (χ2n) is 4.07. The first-order valence-corrected chi connectivity index (χ1v) is 6.09. The van der Waals surface area contributed by atoms with Gasteiger partial charge >= 0.3 is 24.7 Å². The van der Waals surface area contributed by atoms with Crippen LogP contribution in [-0.2, 0) is 9.59 Å². The van der Waals surface area contributed by atoms with Gasteiger partial charge in [0.05, 0.1) is 0 Å². The van der Waals surface area contributed by atoms with Crippen LogP contribution in [0.15, 0.2) is 24.3 Å². The third kappa shape index (κ3) is 5.55. The Balaban J connectivity index is 2.58. The Kier molecular flexibility index (Phi) is 6.64. The summed E-state index contributed by atoms with van der Waals surface area (Å²) in [6.07, 6.45) is -6.61. The SMILES string of the molecule is O=C(NNC(=O)C(F)F)c1ccc(C(=O)NNC(=O)C(F)F)cc1. The highest BCUT2D eigenvalue weighted by atomic mass is 19.3. The lowest BCUT2D eigenvalue weighted by molar-refractivity contribution is -0.133. The molecule has 0 bridgehead atoms. The van der Waals surface area contributed by atoms with E-state index in [1.807, 2.05) is 0 Å². The summed E-state index contributed by atoms with van der Waals surface area (Å²) in [5.74, 6) is -5.26. The summed E-state index contributed by atoms with van der Waals surface area (Å²) in [7, 11) is 0. The number of hydrazine groups is 2. The molecule has 24 heavy (non-hydrogen) atoms. The lowest BCUT2D eigenvalue weighted by Crippen LogP contribution is -2.44. The van der Waals surface area contributed by atoms with E-state index < -0.39 is 36.5 Å². The molecule has 4 amide bonds. The van der Waals surface area contributed by atoms with E-state index in [0.717, 1.165) is 24.3 Å². The van der Waals surface area contributed by atoms with Crippen molar-refractivity contribution in [2.45, 2.75) is 12.9 Å². The molecule has 12 heteroatoms. The maximum atomic E-state index is 11.9. The van der Waals surface area contributed by atoms with Crippen LogP contribution in [0.5, 0.6) is 0 Å². The zero-order valence-electron chi connectivity index (χ0n) is 11.6. The molecule has 1 aromatic rings. The molecule has 0 aliphatic rings. The fourth-order valence-electron chi connectivity index (χ4n) is 1.26. The number of alkyl halides is 4. The van der Waals surface area contributed by atoms with Gasteiger partial charge in [0.15, 0.2) is 0 Å². The zero-order valence-corrected chi connectivity index (χ0v) is 11.6. The number of rotatable bonds is 4. The Labute approximate surface area is 131 Å². The van der Waals surface area contributed by atoms with E-state index in [1.165, 1.54) is 10.9 Å². The molecule has 0 saturated carbocycles. The van der Waals surface area contributed by atoms with E-state index in [4.69, 9.17) is 0 Å². The summed E-state index contributed by atoms with van der Waals surface area (Å²) in [6.45, 7) is 0. The first kappa shape index (κ1) is 18.9. The summed E-state index contributed by atoms with van der Waals surface area (Å²) < 4.78 is 47.7. The van der Waals surface area contributed by atoms with Crippen molar-refractivity contribution >= 4 is 23.6 Å². The lowest BCUT2D eigenvalue weighted by Gasteiger charge is -2.08. The minimum Gasteiger partial charge on any atom is -0.267 e. The largest absolute Gasteiger partial charge is 0.317 e. The van der Waals surface area contributed by atoms with Crippen molar-refractivity contribution in [1.82, 2.24) is 21.7 Å². The molecule has 0 saturated heterocycles. The Hall–Kier alpha value is -3.18. The molecule has 0 radical (unpaired) electrons. The van der Waals surface area contributed by atoms with Crippen LogP contribution in [-0.4, -0.2) is 36.5 Å². The summed E-state index contributed by atoms with van der Waals surface area (Å²) >= 11 is 0. The van der Waals surface area contributed by atoms with E-state index in [0.29, 0.717) is 0 Å². The monoisotopic (exact) mass is 350 g/mol. The van der Waals surface area contributed by atoms with Gasteiger partial charge in [-0.3, -0.25) is 40.9 Å². The maximum absolute atomic E-state index is 11.9. The number of hydrogen-bond acceptors (Lipinski definition) is 4. The number of hydrogen-bond donors (Lipinski definition) is 4. The van der Waals surface area contributed by atoms with Gasteiger partial charge in [-0.05, 0) is 24.3 Å². The van der Waals surface area contributed by atoms with E-state index in [-0.39, 0.29) is 11.1 Å². The maximum Gasteiger partial charge on any atom is 0.317 e. The van der Waals surface area contributed by atoms with Gasteiger partial charge < -0.3 is 0 Å². The molecule has 0 unspecified atom stereocenters. The van der Waals surface area contributed by atoms with Crippen LogP contribution in [0, 0.1) is 0 Å². The highest BCUT2D eigenvalue weighted by molar-refractivity contribution is 5.99. The molecule has 0 atom stereocenters. The molecule has 0 fully saturated rings. The predicted molar refractivity (Wildman–Crippen MR) is 69.7 cm³/mol. The molecule has 0 aromatic heterocycles. The van der Waals surface area contributed by atoms with Crippen molar-refractivity contribution < 1.29 is 36.7 Å². The molecule has 130 valence electrons. The molecule has 0 heterocycles. The third-order valence-corrected chi connectivity index (χ3v) is 2.40. The zero-order chi connectivity index (χ0) is 18.3. The van der Waals surface area contributed by atoms with Gasteiger partial charge in [0, 0.05) is 11.1 Å². The van der Waals surface area contributed by atoms with Gasteiger partial charge in [0.1, 0.15) is 0 Å². The minimum atomic E-state index is -3.31. The number of carbonyl (C=O) groups is 4. The summed E-state index contributed by atoms with van der Waals surface area (Å²) in [4.78, 5) is 44.2. The predicted octanol–water partition coefficient (Wildman–Crippen LogP) is -0.261. The lowest BCUT2D eigenvalue weighted by atomic mass is 10.1. The number of halogens is 4. The first-order valence-electron chi connectivity index (χ1n) is 6.09. The smallest absolute Gasteiger partial charge is 0.267 e. The van der Waals surface area contributed by atoms with Gasteiger partial charge in [-0.15, -0.1) is 0 Å². The number of amides is 4. The Bertz CT molecular complexity index is 581. The van der Waals surface area contributed by atoms with Gasteiger partial charge in [-0.25, -0.2) is 0 Å². The average Bonchev–Trinajstić information content (AvgIpc) is 2.56. The van der Waals surface area contributed by atoms with Crippen LogP contribution in [0.25, 0.3) is 0 Å². The van der Waals surface area contributed by atoms with E-state index >= 15 is 0 Å². The molecular weight excluding hydrogens is 340 g/mol. The standard InChI is InChI=1S/C12H10F4N4O4/c13-7(14)11(23)19-17-9(21)5-1-2-6(4-3-5)10(22)18-20-12(24)8(15)16/h1-4,7-8H,(H,17,21)(H,18,22)(H,19,23)(H,20,24). The Morgan fingerprint density at radius 1 is 0.625 bits per heavy atom. The van der Waals surface area contributed by atoms with Crippen molar-refractivity contribution in [1.29, 1.82) is 0 Å². The van der Waals surface area contributed by atoms with Gasteiger partial charge in [-0.1, -0.05) is 0 Å². The Morgan fingerprint density at radius 3 is 1.17 bits per heavy atom. The van der Waals surface area contributed by atoms with Crippen LogP contribution >= 0.6 is 0 Å². The molecule has 1 aromatic carbocycles. The first-order chi connectivity index (χ1) is 11.2. The van der Waals surface area contributed by atoms with Crippen molar-refractivity contribution in [3.8, 4) is 0 Å². The van der Waals surface area contributed by atoms with Gasteiger partial charge in [0.25, 0.3) is 11.8 Å². The number of benzene rings is 1. The molecule has 0 aliphatic carbocycles. The fraction of sp³-hybridized carbons (Fsp3) is 0.167. The van der Waals surface area contributed by atoms with Crippen LogP contribution in [0.1, 0.15) is 20.7 Å². The number of nitrogens with one attached hydrogen (secondary N) is 4. The second-order valence-corrected chi connectivity index (χ2v) is 4.07. The van der Waals surface area contributed by atoms with Crippen LogP contribution < -0.4 is 21.7 Å². The molecule has 0 aliphatic heterocycles. The fourth-order valence-corrected chi connectivity index (χ4v) is 1.26. The quantitative estimate of drug-likeness (QED) is 0.442. The second kappa shape index (κ2) is 8.45. The number of carbonyl (C=O) groups excluding carboxylic acids is 4. The van der Waals surface area contributed by atoms with E-state index in [2.05, 4.69) is 0 Å². The van der Waals surface area contributed by atoms with E-state index in [9.17, 15) is 36.7 Å². The topological polar surface area (TPSA) is 116 Å². The highest BCUT2D eigenvalue weighted by Crippen LogP contribution is 2.04. The van der Waals surface area contributed by atoms with Crippen molar-refractivity contribution in [2.75, 3.05) is 0 Å². The van der Waals surface area contributed by atoms with Crippen LogP contribution in [0.4, 0.5) is 17.6 Å². The summed E-state index contributed by atoms with van der Waals surface area (Å²) in [6, 6.07) is 4.42. The van der Waals surface area contributed by atoms with Crippen LogP contribution in [0.3, 0.4) is 0 Å². The summed E-state index contributed by atoms with van der Waals surface area (Å²) in [5, 5.41) is 0. The van der Waals surface area contributed by atoms with Crippen LogP contribution in [0.2, 0.25) is 0 Å². The summed E-state index contributed by atoms with van der Waals surface area (Å²) in [5.41, 5.74) is 6.22. The van der Waals surface area contributed by atoms with Crippen molar-refractivity contribution in [3.63, 3.8) is 0 Å². The average molecular weight is 350 g/mol. The molecular formula is C12H10F4N4O4. The third-order valence-electron chi connectivity index (χ3n) is 2.40. The van der Waals surface area contributed by atoms with E-state index in [1.54, 1.807) is 10.9 Å². The van der Waals surface area contributed by atoms with Gasteiger partial charge in [-0.2, -0.15) is 17.6 Å². The van der Waals surface area contributed by atoms with Crippen molar-refractivity contribution in [2.24, 2.45) is 0 Å². The normalized spacial score (nSPS) is 10.2. The molecule has 0 spiro atoms.